The molecule has 0 aliphatic heterocycles. The summed E-state index contributed by atoms with van der Waals surface area (Å²) in [5, 5.41) is 3.96. The van der Waals surface area contributed by atoms with Gasteiger partial charge in [0.05, 0.1) is 13.7 Å². The Morgan fingerprint density at radius 1 is 1.17 bits per heavy atom. The molecular weight excluding hydrogens is 328 g/mol. The van der Waals surface area contributed by atoms with Gasteiger partial charge in [0.15, 0.2) is 11.5 Å². The summed E-state index contributed by atoms with van der Waals surface area (Å²) >= 11 is 1.59. The Balaban J connectivity index is 1.86. The number of aryl methyl sites for hydroxylation is 1. The van der Waals surface area contributed by atoms with Crippen molar-refractivity contribution in [1.29, 1.82) is 0 Å². The van der Waals surface area contributed by atoms with Gasteiger partial charge in [0.1, 0.15) is 0 Å². The number of hydrazine groups is 1. The average Bonchev–Trinajstić information content (AvgIpc) is 3.12. The maximum atomic E-state index is 12.1. The summed E-state index contributed by atoms with van der Waals surface area (Å²) in [4.78, 5) is 23.9. The highest BCUT2D eigenvalue weighted by Gasteiger charge is 2.12. The highest BCUT2D eigenvalue weighted by molar-refractivity contribution is 7.07. The topological polar surface area (TPSA) is 76.7 Å². The first-order chi connectivity index (χ1) is 11.6. The van der Waals surface area contributed by atoms with Crippen molar-refractivity contribution in [2.24, 2.45) is 0 Å². The Bertz CT molecular complexity index is 686. The number of thiophene rings is 1. The van der Waals surface area contributed by atoms with Crippen LogP contribution in [0.3, 0.4) is 0 Å². The zero-order valence-corrected chi connectivity index (χ0v) is 14.4. The number of hydrogen-bond donors (Lipinski definition) is 2. The number of amides is 2. The van der Waals surface area contributed by atoms with Crippen LogP contribution in [-0.2, 0) is 11.2 Å². The molecule has 2 amide bonds. The minimum Gasteiger partial charge on any atom is -0.493 e. The minimum absolute atomic E-state index is 0.243. The Morgan fingerprint density at radius 2 is 2.00 bits per heavy atom. The summed E-state index contributed by atoms with van der Waals surface area (Å²) in [5.41, 5.74) is 6.29. The minimum atomic E-state index is -0.416. The van der Waals surface area contributed by atoms with E-state index in [9.17, 15) is 9.59 Å². The van der Waals surface area contributed by atoms with Gasteiger partial charge in [-0.15, -0.1) is 0 Å². The summed E-state index contributed by atoms with van der Waals surface area (Å²) in [6.45, 7) is 2.37. The molecule has 6 nitrogen and oxygen atoms in total. The summed E-state index contributed by atoms with van der Waals surface area (Å²) < 4.78 is 10.6. The van der Waals surface area contributed by atoms with Crippen LogP contribution in [0.4, 0.5) is 0 Å². The van der Waals surface area contributed by atoms with Gasteiger partial charge in [-0.2, -0.15) is 11.3 Å². The van der Waals surface area contributed by atoms with Gasteiger partial charge in [0.25, 0.3) is 5.91 Å². The van der Waals surface area contributed by atoms with Crippen molar-refractivity contribution in [2.75, 3.05) is 13.7 Å². The molecule has 0 bridgehead atoms. The Morgan fingerprint density at radius 3 is 2.67 bits per heavy atom. The molecule has 0 saturated heterocycles. The van der Waals surface area contributed by atoms with E-state index in [-0.39, 0.29) is 5.91 Å². The molecular formula is C17H20N2O4S. The van der Waals surface area contributed by atoms with Gasteiger partial charge in [-0.1, -0.05) is 0 Å². The third-order valence-corrected chi connectivity index (χ3v) is 3.99. The Hall–Kier alpha value is -2.54. The molecule has 7 heteroatoms. The smallest absolute Gasteiger partial charge is 0.269 e. The first-order valence-corrected chi connectivity index (χ1v) is 8.49. The predicted octanol–water partition coefficient (Wildman–Crippen LogP) is 2.55. The standard InChI is InChI=1S/C17H20N2O4S/c1-3-23-14-6-5-13(10-15(14)22-2)17(21)19-18-16(20)7-4-12-8-9-24-11-12/h5-6,8-11H,3-4,7H2,1-2H3,(H,18,20)(H,19,21). The molecule has 0 spiro atoms. The van der Waals surface area contributed by atoms with Crippen LogP contribution in [0, 0.1) is 0 Å². The zero-order valence-electron chi connectivity index (χ0n) is 13.6. The molecule has 0 fully saturated rings. The van der Waals surface area contributed by atoms with Crippen LogP contribution in [-0.4, -0.2) is 25.5 Å². The van der Waals surface area contributed by atoms with E-state index >= 15 is 0 Å². The van der Waals surface area contributed by atoms with Crippen molar-refractivity contribution in [3.05, 3.63) is 46.2 Å². The summed E-state index contributed by atoms with van der Waals surface area (Å²) in [6.07, 6.45) is 0.950. The first-order valence-electron chi connectivity index (χ1n) is 7.55. The molecule has 0 radical (unpaired) electrons. The van der Waals surface area contributed by atoms with Gasteiger partial charge in [-0.05, 0) is 53.9 Å². The van der Waals surface area contributed by atoms with Crippen molar-refractivity contribution in [3.8, 4) is 11.5 Å². The van der Waals surface area contributed by atoms with E-state index < -0.39 is 5.91 Å². The molecule has 0 saturated carbocycles. The molecule has 0 unspecified atom stereocenters. The second kappa shape index (κ2) is 8.93. The van der Waals surface area contributed by atoms with E-state index in [2.05, 4.69) is 10.9 Å². The normalized spacial score (nSPS) is 10.1. The lowest BCUT2D eigenvalue weighted by atomic mass is 10.2. The molecule has 0 aliphatic rings. The van der Waals surface area contributed by atoms with E-state index in [1.165, 1.54) is 7.11 Å². The van der Waals surface area contributed by atoms with Crippen molar-refractivity contribution < 1.29 is 19.1 Å². The summed E-state index contributed by atoms with van der Waals surface area (Å²) in [5.74, 6) is 0.373. The largest absolute Gasteiger partial charge is 0.493 e. The third kappa shape index (κ3) is 4.99. The van der Waals surface area contributed by atoms with Crippen molar-refractivity contribution in [1.82, 2.24) is 10.9 Å². The predicted molar refractivity (Wildman–Crippen MR) is 92.4 cm³/mol. The number of carbonyl (C=O) groups is 2. The van der Waals surface area contributed by atoms with Gasteiger partial charge >= 0.3 is 0 Å². The zero-order chi connectivity index (χ0) is 17.4. The van der Waals surface area contributed by atoms with Gasteiger partial charge in [-0.3, -0.25) is 20.4 Å². The average molecular weight is 348 g/mol. The van der Waals surface area contributed by atoms with Crippen molar-refractivity contribution in [3.63, 3.8) is 0 Å². The van der Waals surface area contributed by atoms with Gasteiger partial charge in [0, 0.05) is 12.0 Å². The van der Waals surface area contributed by atoms with E-state index in [4.69, 9.17) is 9.47 Å². The van der Waals surface area contributed by atoms with Gasteiger partial charge in [-0.25, -0.2) is 0 Å². The van der Waals surface area contributed by atoms with Crippen LogP contribution in [0.5, 0.6) is 11.5 Å². The Kier molecular flexibility index (Phi) is 6.62. The third-order valence-electron chi connectivity index (χ3n) is 3.26. The molecule has 2 N–H and O–H groups in total. The molecule has 2 aromatic rings. The van der Waals surface area contributed by atoms with E-state index in [0.717, 1.165) is 5.56 Å². The number of carbonyl (C=O) groups excluding carboxylic acids is 2. The molecule has 128 valence electrons. The quantitative estimate of drug-likeness (QED) is 0.754. The molecule has 1 heterocycles. The second-order valence-electron chi connectivity index (χ2n) is 4.93. The maximum Gasteiger partial charge on any atom is 0.269 e. The molecule has 0 atom stereocenters. The first kappa shape index (κ1) is 17.8. The lowest BCUT2D eigenvalue weighted by molar-refractivity contribution is -0.121. The highest BCUT2D eigenvalue weighted by Crippen LogP contribution is 2.27. The van der Waals surface area contributed by atoms with Crippen molar-refractivity contribution in [2.45, 2.75) is 19.8 Å². The fourth-order valence-corrected chi connectivity index (χ4v) is 2.74. The Labute approximate surface area is 144 Å². The highest BCUT2D eigenvalue weighted by atomic mass is 32.1. The van der Waals surface area contributed by atoms with Gasteiger partial charge < -0.3 is 9.47 Å². The number of methoxy groups -OCH3 is 1. The number of hydrogen-bond acceptors (Lipinski definition) is 5. The SMILES string of the molecule is CCOc1ccc(C(=O)NNC(=O)CCc2ccsc2)cc1OC. The van der Waals surface area contributed by atoms with Crippen LogP contribution in [0.2, 0.25) is 0 Å². The van der Waals surface area contributed by atoms with Crippen LogP contribution in [0.25, 0.3) is 0 Å². The molecule has 1 aromatic heterocycles. The van der Waals surface area contributed by atoms with Crippen LogP contribution in [0.1, 0.15) is 29.3 Å². The van der Waals surface area contributed by atoms with Crippen LogP contribution in [0.15, 0.2) is 35.0 Å². The molecule has 2 rings (SSSR count). The number of rotatable bonds is 7. The lowest BCUT2D eigenvalue weighted by Gasteiger charge is -2.11. The molecule has 1 aromatic carbocycles. The number of nitrogens with one attached hydrogen (secondary N) is 2. The van der Waals surface area contributed by atoms with Gasteiger partial charge in [0.2, 0.25) is 5.91 Å². The maximum absolute atomic E-state index is 12.1. The fourth-order valence-electron chi connectivity index (χ4n) is 2.04. The monoisotopic (exact) mass is 348 g/mol. The van der Waals surface area contributed by atoms with E-state index in [0.29, 0.717) is 36.5 Å². The van der Waals surface area contributed by atoms with Crippen LogP contribution < -0.4 is 20.3 Å². The fraction of sp³-hybridized carbons (Fsp3) is 0.294. The number of benzene rings is 1. The molecule has 24 heavy (non-hydrogen) atoms. The van der Waals surface area contributed by atoms with E-state index in [1.54, 1.807) is 29.5 Å². The van der Waals surface area contributed by atoms with Crippen molar-refractivity contribution >= 4 is 23.2 Å². The second-order valence-corrected chi connectivity index (χ2v) is 5.71. The van der Waals surface area contributed by atoms with Crippen LogP contribution >= 0.6 is 11.3 Å². The van der Waals surface area contributed by atoms with E-state index in [1.807, 2.05) is 23.8 Å². The lowest BCUT2D eigenvalue weighted by Crippen LogP contribution is -2.41. The number of ether oxygens (including phenoxy) is 2. The summed E-state index contributed by atoms with van der Waals surface area (Å²) in [6, 6.07) is 6.82. The summed E-state index contributed by atoms with van der Waals surface area (Å²) in [7, 11) is 1.51. The molecule has 0 aliphatic carbocycles.